The predicted octanol–water partition coefficient (Wildman–Crippen LogP) is 3.65. The van der Waals surface area contributed by atoms with Gasteiger partial charge in [0.25, 0.3) is 0 Å². The molecule has 0 amide bonds. The van der Waals surface area contributed by atoms with Gasteiger partial charge in [-0.25, -0.2) is 0 Å². The number of aliphatic hydroxyl groups excluding tert-OH is 1. The highest BCUT2D eigenvalue weighted by Gasteiger charge is 2.41. The summed E-state index contributed by atoms with van der Waals surface area (Å²) in [6, 6.07) is 0. The Morgan fingerprint density at radius 1 is 1.00 bits per heavy atom. The van der Waals surface area contributed by atoms with Gasteiger partial charge in [0.15, 0.2) is 0 Å². The minimum absolute atomic E-state index is 0.343. The van der Waals surface area contributed by atoms with E-state index in [0.717, 1.165) is 44.4 Å². The molecule has 0 aromatic heterocycles. The zero-order valence-corrected chi connectivity index (χ0v) is 11.9. The molecule has 2 rings (SSSR count). The van der Waals surface area contributed by atoms with Crippen LogP contribution in [-0.2, 0) is 0 Å². The second-order valence-electron chi connectivity index (χ2n) is 6.65. The highest BCUT2D eigenvalue weighted by atomic mass is 16.3. The molecular formula is C16H30O2. The van der Waals surface area contributed by atoms with Crippen molar-refractivity contribution in [3.05, 3.63) is 0 Å². The van der Waals surface area contributed by atoms with Gasteiger partial charge in [0.1, 0.15) is 0 Å². The normalized spacial score (nSPS) is 34.8. The standard InChI is InChI=1S/C16H30O2/c1-2-13-7-9-14(10-8-13)15(17)16(18)11-5-3-4-6-12-16/h13-15,17-18H,2-12H2,1H3. The summed E-state index contributed by atoms with van der Waals surface area (Å²) in [7, 11) is 0. The van der Waals surface area contributed by atoms with Gasteiger partial charge in [-0.05, 0) is 37.5 Å². The van der Waals surface area contributed by atoms with E-state index in [9.17, 15) is 10.2 Å². The highest BCUT2D eigenvalue weighted by molar-refractivity contribution is 4.93. The average molecular weight is 254 g/mol. The molecule has 2 fully saturated rings. The second-order valence-corrected chi connectivity index (χ2v) is 6.65. The molecule has 2 aliphatic rings. The predicted molar refractivity (Wildman–Crippen MR) is 74.4 cm³/mol. The van der Waals surface area contributed by atoms with Crippen molar-refractivity contribution in [1.82, 2.24) is 0 Å². The van der Waals surface area contributed by atoms with Crippen molar-refractivity contribution < 1.29 is 10.2 Å². The van der Waals surface area contributed by atoms with Gasteiger partial charge >= 0.3 is 0 Å². The van der Waals surface area contributed by atoms with Crippen LogP contribution in [0.5, 0.6) is 0 Å². The van der Waals surface area contributed by atoms with E-state index in [2.05, 4.69) is 6.92 Å². The van der Waals surface area contributed by atoms with Gasteiger partial charge in [-0.2, -0.15) is 0 Å². The monoisotopic (exact) mass is 254 g/mol. The van der Waals surface area contributed by atoms with Gasteiger partial charge in [-0.1, -0.05) is 51.9 Å². The van der Waals surface area contributed by atoms with E-state index >= 15 is 0 Å². The van der Waals surface area contributed by atoms with Crippen molar-refractivity contribution in [2.24, 2.45) is 11.8 Å². The third-order valence-corrected chi connectivity index (χ3v) is 5.44. The SMILES string of the molecule is CCC1CCC(C(O)C2(O)CCCCCC2)CC1. The van der Waals surface area contributed by atoms with E-state index in [4.69, 9.17) is 0 Å². The Labute approximate surface area is 112 Å². The van der Waals surface area contributed by atoms with Crippen molar-refractivity contribution in [3.8, 4) is 0 Å². The summed E-state index contributed by atoms with van der Waals surface area (Å²) in [6.07, 6.45) is 11.7. The van der Waals surface area contributed by atoms with Crippen molar-refractivity contribution in [2.45, 2.75) is 89.3 Å². The van der Waals surface area contributed by atoms with Crippen molar-refractivity contribution in [1.29, 1.82) is 0 Å². The molecule has 0 aliphatic heterocycles. The molecule has 0 heterocycles. The maximum atomic E-state index is 10.7. The summed E-state index contributed by atoms with van der Waals surface area (Å²) in [4.78, 5) is 0. The summed E-state index contributed by atoms with van der Waals surface area (Å²) >= 11 is 0. The van der Waals surface area contributed by atoms with Gasteiger partial charge < -0.3 is 10.2 Å². The number of aliphatic hydroxyl groups is 2. The summed E-state index contributed by atoms with van der Waals surface area (Å²) in [5.74, 6) is 1.20. The first kappa shape index (κ1) is 14.3. The molecule has 0 bridgehead atoms. The zero-order valence-electron chi connectivity index (χ0n) is 11.9. The van der Waals surface area contributed by atoms with Crippen LogP contribution in [0.25, 0.3) is 0 Å². The largest absolute Gasteiger partial charge is 0.390 e. The van der Waals surface area contributed by atoms with E-state index < -0.39 is 11.7 Å². The minimum atomic E-state index is -0.778. The fourth-order valence-electron chi connectivity index (χ4n) is 3.99. The Bertz CT molecular complexity index is 235. The van der Waals surface area contributed by atoms with Crippen LogP contribution in [0.3, 0.4) is 0 Å². The Morgan fingerprint density at radius 2 is 1.56 bits per heavy atom. The third-order valence-electron chi connectivity index (χ3n) is 5.44. The Morgan fingerprint density at radius 3 is 2.06 bits per heavy atom. The van der Waals surface area contributed by atoms with Crippen LogP contribution in [0.4, 0.5) is 0 Å². The molecule has 18 heavy (non-hydrogen) atoms. The molecule has 0 saturated heterocycles. The first-order valence-corrected chi connectivity index (χ1v) is 8.06. The Kier molecular flexibility index (Phi) is 5.08. The summed E-state index contributed by atoms with van der Waals surface area (Å²) in [6.45, 7) is 2.26. The summed E-state index contributed by atoms with van der Waals surface area (Å²) in [5, 5.41) is 21.3. The van der Waals surface area contributed by atoms with E-state index in [1.165, 1.54) is 32.1 Å². The topological polar surface area (TPSA) is 40.5 Å². The fraction of sp³-hybridized carbons (Fsp3) is 1.00. The molecule has 1 unspecified atom stereocenters. The fourth-order valence-corrected chi connectivity index (χ4v) is 3.99. The van der Waals surface area contributed by atoms with Crippen LogP contribution >= 0.6 is 0 Å². The molecule has 0 radical (unpaired) electrons. The summed E-state index contributed by atoms with van der Waals surface area (Å²) < 4.78 is 0. The number of rotatable bonds is 3. The second kappa shape index (κ2) is 6.38. The van der Waals surface area contributed by atoms with Crippen LogP contribution in [-0.4, -0.2) is 21.9 Å². The lowest BCUT2D eigenvalue weighted by Gasteiger charge is -2.40. The van der Waals surface area contributed by atoms with Gasteiger partial charge in [0, 0.05) is 0 Å². The highest BCUT2D eigenvalue weighted by Crippen LogP contribution is 2.39. The van der Waals surface area contributed by atoms with Gasteiger partial charge in [0.05, 0.1) is 11.7 Å². The van der Waals surface area contributed by atoms with Crippen molar-refractivity contribution in [3.63, 3.8) is 0 Å². The molecule has 1 atom stereocenters. The van der Waals surface area contributed by atoms with Crippen LogP contribution in [0, 0.1) is 11.8 Å². The quantitative estimate of drug-likeness (QED) is 0.755. The molecular weight excluding hydrogens is 224 g/mol. The molecule has 2 aliphatic carbocycles. The molecule has 2 N–H and O–H groups in total. The molecule has 2 nitrogen and oxygen atoms in total. The lowest BCUT2D eigenvalue weighted by Crippen LogP contribution is -2.47. The van der Waals surface area contributed by atoms with E-state index in [-0.39, 0.29) is 0 Å². The van der Waals surface area contributed by atoms with Crippen molar-refractivity contribution >= 4 is 0 Å². The van der Waals surface area contributed by atoms with Gasteiger partial charge in [0.2, 0.25) is 0 Å². The van der Waals surface area contributed by atoms with Crippen LogP contribution < -0.4 is 0 Å². The molecule has 0 aromatic rings. The van der Waals surface area contributed by atoms with Crippen LogP contribution in [0.1, 0.15) is 77.6 Å². The van der Waals surface area contributed by atoms with E-state index in [1.54, 1.807) is 0 Å². The molecule has 0 spiro atoms. The molecule has 0 aromatic carbocycles. The lowest BCUT2D eigenvalue weighted by atomic mass is 9.72. The Hall–Kier alpha value is -0.0800. The maximum absolute atomic E-state index is 10.7. The lowest BCUT2D eigenvalue weighted by molar-refractivity contribution is -0.116. The third kappa shape index (κ3) is 3.27. The first-order chi connectivity index (χ1) is 8.65. The molecule has 2 heteroatoms. The Balaban J connectivity index is 1.91. The zero-order chi connectivity index (χ0) is 13.0. The van der Waals surface area contributed by atoms with Crippen molar-refractivity contribution in [2.75, 3.05) is 0 Å². The number of hydrogen-bond donors (Lipinski definition) is 2. The van der Waals surface area contributed by atoms with E-state index in [1.807, 2.05) is 0 Å². The van der Waals surface area contributed by atoms with Crippen LogP contribution in [0.15, 0.2) is 0 Å². The van der Waals surface area contributed by atoms with E-state index in [0.29, 0.717) is 5.92 Å². The minimum Gasteiger partial charge on any atom is -0.390 e. The molecule has 106 valence electrons. The first-order valence-electron chi connectivity index (χ1n) is 8.06. The molecule has 2 saturated carbocycles. The smallest absolute Gasteiger partial charge is 0.0908 e. The average Bonchev–Trinajstić information content (AvgIpc) is 2.64. The van der Waals surface area contributed by atoms with Gasteiger partial charge in [-0.15, -0.1) is 0 Å². The van der Waals surface area contributed by atoms with Crippen LogP contribution in [0.2, 0.25) is 0 Å². The van der Waals surface area contributed by atoms with Gasteiger partial charge in [-0.3, -0.25) is 0 Å². The maximum Gasteiger partial charge on any atom is 0.0908 e. The summed E-state index contributed by atoms with van der Waals surface area (Å²) in [5.41, 5.74) is -0.778. The number of hydrogen-bond acceptors (Lipinski definition) is 2.